The first-order chi connectivity index (χ1) is 11.8. The number of sulfone groups is 1. The fourth-order valence-electron chi connectivity index (χ4n) is 2.21. The number of hydrogen-bond acceptors (Lipinski definition) is 5. The molecule has 1 aromatic heterocycles. The van der Waals surface area contributed by atoms with Crippen molar-refractivity contribution in [3.63, 3.8) is 0 Å². The van der Waals surface area contributed by atoms with Crippen LogP contribution >= 0.6 is 15.9 Å². The summed E-state index contributed by atoms with van der Waals surface area (Å²) in [5.41, 5.74) is 1.61. The van der Waals surface area contributed by atoms with Crippen molar-refractivity contribution in [1.29, 1.82) is 0 Å². The summed E-state index contributed by atoms with van der Waals surface area (Å²) in [6, 6.07) is 11.6. The summed E-state index contributed by atoms with van der Waals surface area (Å²) in [6.07, 6.45) is 4.19. The van der Waals surface area contributed by atoms with Crippen LogP contribution in [0.25, 0.3) is 5.69 Å². The minimum Gasteiger partial charge on any atom is -0.322 e. The SMILES string of the molecule is CS(=O)(=O)c1cc(C(=O)Nc2cccc(-n3cnnc3)c2)ccc1Br. The fourth-order valence-corrected chi connectivity index (χ4v) is 4.10. The molecule has 7 nitrogen and oxygen atoms in total. The van der Waals surface area contributed by atoms with Crippen LogP contribution in [0.3, 0.4) is 0 Å². The monoisotopic (exact) mass is 420 g/mol. The molecule has 0 unspecified atom stereocenters. The van der Waals surface area contributed by atoms with E-state index in [1.54, 1.807) is 47.6 Å². The molecule has 0 aliphatic carbocycles. The van der Waals surface area contributed by atoms with Crippen LogP contribution < -0.4 is 5.32 Å². The Kier molecular flexibility index (Phi) is 4.69. The lowest BCUT2D eigenvalue weighted by atomic mass is 10.2. The first-order valence-corrected chi connectivity index (χ1v) is 9.79. The highest BCUT2D eigenvalue weighted by molar-refractivity contribution is 9.10. The van der Waals surface area contributed by atoms with Crippen LogP contribution in [-0.2, 0) is 9.84 Å². The van der Waals surface area contributed by atoms with Gasteiger partial charge in [-0.15, -0.1) is 10.2 Å². The third-order valence-electron chi connectivity index (χ3n) is 3.41. The van der Waals surface area contributed by atoms with Crippen molar-refractivity contribution < 1.29 is 13.2 Å². The smallest absolute Gasteiger partial charge is 0.255 e. The number of anilines is 1. The Balaban J connectivity index is 1.87. The summed E-state index contributed by atoms with van der Waals surface area (Å²) in [6.45, 7) is 0. The van der Waals surface area contributed by atoms with Gasteiger partial charge in [0.25, 0.3) is 5.91 Å². The second-order valence-electron chi connectivity index (χ2n) is 5.29. The van der Waals surface area contributed by atoms with E-state index in [0.717, 1.165) is 11.9 Å². The van der Waals surface area contributed by atoms with Crippen molar-refractivity contribution in [1.82, 2.24) is 14.8 Å². The van der Waals surface area contributed by atoms with Crippen molar-refractivity contribution in [2.24, 2.45) is 0 Å². The molecule has 2 aromatic carbocycles. The number of amides is 1. The largest absolute Gasteiger partial charge is 0.322 e. The van der Waals surface area contributed by atoms with Crippen LogP contribution in [0.15, 0.2) is 64.5 Å². The predicted octanol–water partition coefficient (Wildman–Crippen LogP) is 2.69. The molecule has 0 bridgehead atoms. The predicted molar refractivity (Wildman–Crippen MR) is 96.6 cm³/mol. The first kappa shape index (κ1) is 17.3. The number of hydrogen-bond donors (Lipinski definition) is 1. The summed E-state index contributed by atoms with van der Waals surface area (Å²) in [7, 11) is -3.44. The molecule has 0 atom stereocenters. The fraction of sp³-hybridized carbons (Fsp3) is 0.0625. The minimum atomic E-state index is -3.44. The summed E-state index contributed by atoms with van der Waals surface area (Å²) in [5.74, 6) is -0.404. The molecule has 0 aliphatic heterocycles. The van der Waals surface area contributed by atoms with Gasteiger partial charge in [-0.3, -0.25) is 9.36 Å². The van der Waals surface area contributed by atoms with Crippen LogP contribution in [0.4, 0.5) is 5.69 Å². The number of carbonyl (C=O) groups excluding carboxylic acids is 1. The van der Waals surface area contributed by atoms with Gasteiger partial charge in [0.15, 0.2) is 9.84 Å². The van der Waals surface area contributed by atoms with Gasteiger partial charge in [-0.1, -0.05) is 6.07 Å². The molecule has 3 aromatic rings. The number of nitrogens with one attached hydrogen (secondary N) is 1. The first-order valence-electron chi connectivity index (χ1n) is 7.10. The van der Waals surface area contributed by atoms with Gasteiger partial charge < -0.3 is 5.32 Å². The Bertz CT molecular complexity index is 1030. The van der Waals surface area contributed by atoms with Gasteiger partial charge >= 0.3 is 0 Å². The van der Waals surface area contributed by atoms with E-state index >= 15 is 0 Å². The molecule has 0 spiro atoms. The zero-order valence-electron chi connectivity index (χ0n) is 13.0. The molecule has 25 heavy (non-hydrogen) atoms. The van der Waals surface area contributed by atoms with Crippen molar-refractivity contribution in [2.75, 3.05) is 11.6 Å². The van der Waals surface area contributed by atoms with E-state index in [0.29, 0.717) is 10.2 Å². The molecule has 9 heteroatoms. The van der Waals surface area contributed by atoms with E-state index < -0.39 is 15.7 Å². The van der Waals surface area contributed by atoms with Crippen molar-refractivity contribution in [3.8, 4) is 5.69 Å². The Hall–Kier alpha value is -2.52. The van der Waals surface area contributed by atoms with Crippen LogP contribution in [0.5, 0.6) is 0 Å². The Morgan fingerprint density at radius 1 is 1.12 bits per heavy atom. The lowest BCUT2D eigenvalue weighted by Crippen LogP contribution is -2.13. The van der Waals surface area contributed by atoms with Crippen molar-refractivity contribution in [3.05, 3.63) is 65.2 Å². The number of carbonyl (C=O) groups is 1. The maximum atomic E-state index is 12.4. The van der Waals surface area contributed by atoms with Gasteiger partial charge in [0.05, 0.1) is 10.6 Å². The molecular weight excluding hydrogens is 408 g/mol. The Morgan fingerprint density at radius 2 is 1.84 bits per heavy atom. The summed E-state index contributed by atoms with van der Waals surface area (Å²) in [4.78, 5) is 12.5. The molecule has 0 aliphatic rings. The van der Waals surface area contributed by atoms with E-state index in [4.69, 9.17) is 0 Å². The second kappa shape index (κ2) is 6.77. The maximum Gasteiger partial charge on any atom is 0.255 e. The molecule has 0 saturated heterocycles. The second-order valence-corrected chi connectivity index (χ2v) is 8.13. The van der Waals surface area contributed by atoms with Gasteiger partial charge in [-0.05, 0) is 52.3 Å². The highest BCUT2D eigenvalue weighted by atomic mass is 79.9. The quantitative estimate of drug-likeness (QED) is 0.699. The third-order valence-corrected chi connectivity index (χ3v) is 5.50. The van der Waals surface area contributed by atoms with Gasteiger partial charge in [-0.2, -0.15) is 0 Å². The molecule has 3 rings (SSSR count). The third kappa shape index (κ3) is 3.94. The van der Waals surface area contributed by atoms with Crippen LogP contribution in [0.1, 0.15) is 10.4 Å². The number of halogens is 1. The standard InChI is InChI=1S/C16H13BrN4O3S/c1-25(23,24)15-7-11(5-6-14(15)17)16(22)20-12-3-2-4-13(8-12)21-9-18-19-10-21/h2-10H,1H3,(H,20,22). The average molecular weight is 421 g/mol. The minimum absolute atomic E-state index is 0.0680. The van der Waals surface area contributed by atoms with Crippen molar-refractivity contribution in [2.45, 2.75) is 4.90 Å². The van der Waals surface area contributed by atoms with Crippen LogP contribution in [0.2, 0.25) is 0 Å². The van der Waals surface area contributed by atoms with E-state index in [1.807, 2.05) is 6.07 Å². The molecule has 1 N–H and O–H groups in total. The number of aromatic nitrogens is 3. The van der Waals surface area contributed by atoms with Gasteiger partial charge in [-0.25, -0.2) is 8.42 Å². The van der Waals surface area contributed by atoms with Gasteiger partial charge in [0, 0.05) is 22.0 Å². The molecule has 0 radical (unpaired) electrons. The highest BCUT2D eigenvalue weighted by Gasteiger charge is 2.16. The maximum absolute atomic E-state index is 12.4. The van der Waals surface area contributed by atoms with E-state index in [1.165, 1.54) is 6.07 Å². The van der Waals surface area contributed by atoms with Gasteiger partial charge in [0.1, 0.15) is 12.7 Å². The Morgan fingerprint density at radius 3 is 2.52 bits per heavy atom. The van der Waals surface area contributed by atoms with E-state index in [-0.39, 0.29) is 10.5 Å². The summed E-state index contributed by atoms with van der Waals surface area (Å²) >= 11 is 3.19. The van der Waals surface area contributed by atoms with E-state index in [2.05, 4.69) is 31.4 Å². The number of rotatable bonds is 4. The zero-order chi connectivity index (χ0) is 18.0. The zero-order valence-corrected chi connectivity index (χ0v) is 15.5. The molecular formula is C16H13BrN4O3S. The topological polar surface area (TPSA) is 94.0 Å². The molecule has 0 saturated carbocycles. The average Bonchev–Trinajstić information content (AvgIpc) is 3.09. The van der Waals surface area contributed by atoms with Crippen molar-refractivity contribution >= 4 is 37.4 Å². The van der Waals surface area contributed by atoms with Gasteiger partial charge in [0.2, 0.25) is 0 Å². The summed E-state index contributed by atoms with van der Waals surface area (Å²) in [5, 5.41) is 10.2. The lowest BCUT2D eigenvalue weighted by molar-refractivity contribution is 0.102. The normalized spacial score (nSPS) is 11.3. The summed E-state index contributed by atoms with van der Waals surface area (Å²) < 4.78 is 25.7. The lowest BCUT2D eigenvalue weighted by Gasteiger charge is -2.09. The van der Waals surface area contributed by atoms with Crippen LogP contribution in [-0.4, -0.2) is 35.3 Å². The number of nitrogens with zero attached hydrogens (tertiary/aromatic N) is 3. The highest BCUT2D eigenvalue weighted by Crippen LogP contribution is 2.24. The van der Waals surface area contributed by atoms with Crippen LogP contribution in [0, 0.1) is 0 Å². The number of benzene rings is 2. The van der Waals surface area contributed by atoms with E-state index in [9.17, 15) is 13.2 Å². The molecule has 1 amide bonds. The Labute approximate surface area is 152 Å². The molecule has 1 heterocycles. The molecule has 128 valence electrons. The molecule has 0 fully saturated rings.